The molecule has 128 valence electrons. The number of ether oxygens (including phenoxy) is 1. The van der Waals surface area contributed by atoms with Gasteiger partial charge in [0.25, 0.3) is 0 Å². The number of methoxy groups -OCH3 is 1. The second-order valence-corrected chi connectivity index (χ2v) is 6.54. The minimum atomic E-state index is 0.364. The summed E-state index contributed by atoms with van der Waals surface area (Å²) < 4.78 is 5.14. The molecule has 1 atom stereocenters. The number of likely N-dealkylation sites (N-methyl/N-ethyl adjacent to an activating group) is 1. The van der Waals surface area contributed by atoms with E-state index in [2.05, 4.69) is 32.1 Å². The molecule has 0 bridgehead atoms. The summed E-state index contributed by atoms with van der Waals surface area (Å²) in [5.41, 5.74) is 7.19. The average Bonchev–Trinajstić information content (AvgIpc) is 2.55. The van der Waals surface area contributed by atoms with Crippen LogP contribution in [0.15, 0.2) is 0 Å². The molecule has 7 nitrogen and oxygen atoms in total. The summed E-state index contributed by atoms with van der Waals surface area (Å²) in [4.78, 5) is 13.7. The van der Waals surface area contributed by atoms with Gasteiger partial charge in [0, 0.05) is 51.5 Å². The van der Waals surface area contributed by atoms with Crippen molar-refractivity contribution in [2.24, 2.45) is 0 Å². The van der Waals surface area contributed by atoms with Crippen molar-refractivity contribution >= 4 is 17.6 Å². The molecule has 3 heterocycles. The van der Waals surface area contributed by atoms with E-state index >= 15 is 0 Å². The highest BCUT2D eigenvalue weighted by atomic mass is 16.5. The molecule has 1 fully saturated rings. The highest BCUT2D eigenvalue weighted by Crippen LogP contribution is 2.32. The Morgan fingerprint density at radius 2 is 2.04 bits per heavy atom. The van der Waals surface area contributed by atoms with E-state index in [-0.39, 0.29) is 0 Å². The Hall–Kier alpha value is -1.60. The molecule has 3 rings (SSSR count). The molecule has 0 aliphatic carbocycles. The highest BCUT2D eigenvalue weighted by Gasteiger charge is 2.26. The topological polar surface area (TPSA) is 79.5 Å². The normalized spacial score (nSPS) is 21.8. The molecule has 7 heteroatoms. The van der Waals surface area contributed by atoms with Gasteiger partial charge >= 0.3 is 0 Å². The quantitative estimate of drug-likeness (QED) is 0.782. The zero-order valence-electron chi connectivity index (χ0n) is 14.2. The van der Waals surface area contributed by atoms with E-state index in [9.17, 15) is 0 Å². The molecule has 2 aliphatic heterocycles. The number of piperazine rings is 1. The molecule has 1 aromatic rings. The van der Waals surface area contributed by atoms with Crippen LogP contribution in [-0.2, 0) is 11.2 Å². The number of nitrogens with zero attached hydrogens (tertiary/aromatic N) is 4. The molecule has 1 unspecified atom stereocenters. The second kappa shape index (κ2) is 7.31. The fourth-order valence-electron chi connectivity index (χ4n) is 3.39. The molecule has 0 radical (unpaired) electrons. The van der Waals surface area contributed by atoms with Crippen molar-refractivity contribution in [3.8, 4) is 0 Å². The van der Waals surface area contributed by atoms with E-state index in [1.807, 2.05) is 0 Å². The Balaban J connectivity index is 1.74. The van der Waals surface area contributed by atoms with E-state index in [4.69, 9.17) is 10.5 Å². The molecule has 0 saturated carbocycles. The Bertz CT molecular complexity index is 530. The van der Waals surface area contributed by atoms with Crippen molar-refractivity contribution < 1.29 is 4.74 Å². The first-order chi connectivity index (χ1) is 11.2. The van der Waals surface area contributed by atoms with Crippen LogP contribution in [0.25, 0.3) is 0 Å². The lowest BCUT2D eigenvalue weighted by Gasteiger charge is -2.36. The Kier molecular flexibility index (Phi) is 5.17. The summed E-state index contributed by atoms with van der Waals surface area (Å²) in [6.07, 6.45) is 4.29. The third kappa shape index (κ3) is 3.84. The summed E-state index contributed by atoms with van der Waals surface area (Å²) >= 11 is 0. The molecule has 2 aliphatic rings. The lowest BCUT2D eigenvalue weighted by molar-refractivity contribution is 0.190. The number of hydrogen-bond acceptors (Lipinski definition) is 7. The number of aromatic nitrogens is 2. The first-order valence-electron chi connectivity index (χ1n) is 8.52. The molecule has 23 heavy (non-hydrogen) atoms. The largest absolute Gasteiger partial charge is 0.385 e. The van der Waals surface area contributed by atoms with Gasteiger partial charge in [0.05, 0.1) is 0 Å². The van der Waals surface area contributed by atoms with Crippen LogP contribution < -0.4 is 16.0 Å². The van der Waals surface area contributed by atoms with Gasteiger partial charge in [0.15, 0.2) is 0 Å². The van der Waals surface area contributed by atoms with Gasteiger partial charge in [-0.2, -0.15) is 9.97 Å². The van der Waals surface area contributed by atoms with Gasteiger partial charge in [-0.15, -0.1) is 0 Å². The zero-order chi connectivity index (χ0) is 16.2. The number of anilines is 3. The molecule has 1 saturated heterocycles. The SMILES string of the molecule is COCCCC1CCc2c(nc(N)nc2N2CCN(C)CC2)N1. The van der Waals surface area contributed by atoms with E-state index in [0.29, 0.717) is 12.0 Å². The summed E-state index contributed by atoms with van der Waals surface area (Å²) in [6.45, 7) is 4.92. The van der Waals surface area contributed by atoms with E-state index in [0.717, 1.165) is 70.1 Å². The number of hydrogen-bond donors (Lipinski definition) is 2. The van der Waals surface area contributed by atoms with Crippen molar-refractivity contribution in [1.29, 1.82) is 0 Å². The van der Waals surface area contributed by atoms with Crippen molar-refractivity contribution in [2.45, 2.75) is 31.7 Å². The van der Waals surface area contributed by atoms with Crippen molar-refractivity contribution in [2.75, 3.05) is 62.9 Å². The van der Waals surface area contributed by atoms with Crippen LogP contribution in [0.5, 0.6) is 0 Å². The third-order valence-corrected chi connectivity index (χ3v) is 4.79. The molecular weight excluding hydrogens is 292 g/mol. The Morgan fingerprint density at radius 1 is 1.26 bits per heavy atom. The van der Waals surface area contributed by atoms with Gasteiger partial charge < -0.3 is 25.6 Å². The van der Waals surface area contributed by atoms with Crippen molar-refractivity contribution in [1.82, 2.24) is 14.9 Å². The van der Waals surface area contributed by atoms with Gasteiger partial charge in [-0.05, 0) is 32.7 Å². The Morgan fingerprint density at radius 3 is 2.78 bits per heavy atom. The minimum Gasteiger partial charge on any atom is -0.385 e. The fourth-order valence-corrected chi connectivity index (χ4v) is 3.39. The van der Waals surface area contributed by atoms with Gasteiger partial charge in [-0.25, -0.2) is 0 Å². The van der Waals surface area contributed by atoms with Crippen LogP contribution in [-0.4, -0.2) is 67.9 Å². The lowest BCUT2D eigenvalue weighted by atomic mass is 9.97. The molecular formula is C16H28N6O. The van der Waals surface area contributed by atoms with Gasteiger partial charge in [-0.1, -0.05) is 0 Å². The summed E-state index contributed by atoms with van der Waals surface area (Å²) in [6, 6.07) is 0.451. The summed E-state index contributed by atoms with van der Waals surface area (Å²) in [5.74, 6) is 2.33. The third-order valence-electron chi connectivity index (χ3n) is 4.79. The maximum Gasteiger partial charge on any atom is 0.223 e. The highest BCUT2D eigenvalue weighted by molar-refractivity contribution is 5.63. The molecule has 0 spiro atoms. The van der Waals surface area contributed by atoms with Crippen LogP contribution in [0.1, 0.15) is 24.8 Å². The lowest BCUT2D eigenvalue weighted by Crippen LogP contribution is -2.45. The predicted octanol–water partition coefficient (Wildman–Crippen LogP) is 0.964. The number of nitrogens with two attached hydrogens (primary N) is 1. The molecule has 3 N–H and O–H groups in total. The van der Waals surface area contributed by atoms with Crippen molar-refractivity contribution in [3.63, 3.8) is 0 Å². The number of nitrogens with one attached hydrogen (secondary N) is 1. The first kappa shape index (κ1) is 16.3. The monoisotopic (exact) mass is 320 g/mol. The summed E-state index contributed by atoms with van der Waals surface area (Å²) in [7, 11) is 3.91. The number of fused-ring (bicyclic) bond motifs is 1. The first-order valence-corrected chi connectivity index (χ1v) is 8.52. The van der Waals surface area contributed by atoms with Crippen LogP contribution in [0.2, 0.25) is 0 Å². The minimum absolute atomic E-state index is 0.364. The Labute approximate surface area is 138 Å². The maximum absolute atomic E-state index is 5.96. The second-order valence-electron chi connectivity index (χ2n) is 6.54. The average molecular weight is 320 g/mol. The van der Waals surface area contributed by atoms with E-state index in [1.165, 1.54) is 5.56 Å². The van der Waals surface area contributed by atoms with Crippen LogP contribution in [0.3, 0.4) is 0 Å². The van der Waals surface area contributed by atoms with Gasteiger partial charge in [0.1, 0.15) is 11.6 Å². The van der Waals surface area contributed by atoms with Crippen LogP contribution >= 0.6 is 0 Å². The standard InChI is InChI=1S/C16H28N6O/c1-21-7-9-22(10-8-21)15-13-6-5-12(4-3-11-23-2)18-14(13)19-16(17)20-15/h12H,3-11H2,1-2H3,(H3,17,18,19,20). The van der Waals surface area contributed by atoms with E-state index < -0.39 is 0 Å². The van der Waals surface area contributed by atoms with E-state index in [1.54, 1.807) is 7.11 Å². The summed E-state index contributed by atoms with van der Waals surface area (Å²) in [5, 5.41) is 3.56. The van der Waals surface area contributed by atoms with Crippen molar-refractivity contribution in [3.05, 3.63) is 5.56 Å². The number of nitrogen functional groups attached to an aromatic ring is 1. The van der Waals surface area contributed by atoms with Gasteiger partial charge in [-0.3, -0.25) is 0 Å². The maximum atomic E-state index is 5.96. The fraction of sp³-hybridized carbons (Fsp3) is 0.750. The smallest absolute Gasteiger partial charge is 0.223 e. The van der Waals surface area contributed by atoms with Crippen LogP contribution in [0, 0.1) is 0 Å². The zero-order valence-corrected chi connectivity index (χ0v) is 14.2. The van der Waals surface area contributed by atoms with Gasteiger partial charge in [0.2, 0.25) is 5.95 Å². The predicted molar refractivity (Wildman–Crippen MR) is 93.0 cm³/mol. The molecule has 1 aromatic heterocycles. The number of rotatable bonds is 5. The van der Waals surface area contributed by atoms with Crippen LogP contribution in [0.4, 0.5) is 17.6 Å². The molecule has 0 amide bonds. The molecule has 0 aromatic carbocycles.